The largest absolute Gasteiger partial charge is 0.350 e. The zero-order chi connectivity index (χ0) is 9.07. The Labute approximate surface area is 75.8 Å². The molecule has 0 aliphatic heterocycles. The van der Waals surface area contributed by atoms with Crippen LogP contribution in [0.1, 0.15) is 0 Å². The smallest absolute Gasteiger partial charge is 0.315 e. The van der Waals surface area contributed by atoms with Gasteiger partial charge in [-0.3, -0.25) is 0 Å². The van der Waals surface area contributed by atoms with Crippen molar-refractivity contribution in [1.29, 1.82) is 0 Å². The fourth-order valence-corrected chi connectivity index (χ4v) is 2.13. The number of carbonyl (C=O) groups is 2. The summed E-state index contributed by atoms with van der Waals surface area (Å²) in [5, 5.41) is 0. The number of halogens is 2. The minimum atomic E-state index is -3.64. The lowest BCUT2D eigenvalue weighted by atomic mass is 10.4. The van der Waals surface area contributed by atoms with Crippen LogP contribution in [0.3, 0.4) is 0 Å². The van der Waals surface area contributed by atoms with Gasteiger partial charge in [-0.25, -0.2) is 0 Å². The van der Waals surface area contributed by atoms with Crippen LogP contribution >= 0.6 is 0 Å². The molecule has 11 heavy (non-hydrogen) atoms. The second kappa shape index (κ2) is 4.33. The van der Waals surface area contributed by atoms with Crippen LogP contribution in [0.2, 0.25) is 11.6 Å². The maximum absolute atomic E-state index is 12.6. The van der Waals surface area contributed by atoms with E-state index in [0.717, 1.165) is 0 Å². The van der Waals surface area contributed by atoms with E-state index in [2.05, 4.69) is 0 Å². The molecule has 0 aliphatic rings. The molecule has 0 atom stereocenters. The average Bonchev–Trinajstić information content (AvgIpc) is 2.01. The minimum Gasteiger partial charge on any atom is -0.315 e. The summed E-state index contributed by atoms with van der Waals surface area (Å²) in [6, 6.07) is 0. The highest BCUT2D eigenvalue weighted by molar-refractivity contribution is 6.83. The van der Waals surface area contributed by atoms with Gasteiger partial charge < -0.3 is 9.59 Å². The standard InChI is InChI=1S/C3F2O2.2CH3.2Al.2H/c4-3(5,1-6)2-7;;;;;;/h;2*1H3;;;;. The van der Waals surface area contributed by atoms with Crippen LogP contribution in [-0.4, -0.2) is 45.7 Å². The summed E-state index contributed by atoms with van der Waals surface area (Å²) >= 11 is -2.81. The summed E-state index contributed by atoms with van der Waals surface area (Å²) in [5.41, 5.74) is 0. The van der Waals surface area contributed by atoms with E-state index >= 15 is 0 Å². The van der Waals surface area contributed by atoms with Gasteiger partial charge in [-0.2, -0.15) is 8.78 Å². The van der Waals surface area contributed by atoms with Crippen molar-refractivity contribution in [3.05, 3.63) is 0 Å². The summed E-state index contributed by atoms with van der Waals surface area (Å²) in [6.45, 7) is 0. The molecule has 0 radical (unpaired) electrons. The number of hydrogen-bond donors (Lipinski definition) is 0. The molecule has 2 nitrogen and oxygen atoms in total. The first-order valence-electron chi connectivity index (χ1n) is 3.41. The van der Waals surface area contributed by atoms with Crippen molar-refractivity contribution < 1.29 is 18.4 Å². The molecule has 0 saturated heterocycles. The third kappa shape index (κ3) is 2.65. The van der Waals surface area contributed by atoms with Crippen molar-refractivity contribution in [2.75, 3.05) is 0 Å². The van der Waals surface area contributed by atoms with Gasteiger partial charge in [-0.1, -0.05) is 0 Å². The van der Waals surface area contributed by atoms with Gasteiger partial charge in [0, 0.05) is 0 Å². The van der Waals surface area contributed by atoms with Gasteiger partial charge in [0.1, 0.15) is 9.29 Å². The molecule has 0 fully saturated rings. The quantitative estimate of drug-likeness (QED) is 0.450. The third-order valence-electron chi connectivity index (χ3n) is 1.34. The highest BCUT2D eigenvalue weighted by Gasteiger charge is 2.42. The lowest BCUT2D eigenvalue weighted by molar-refractivity contribution is -0.146. The Morgan fingerprint density at radius 3 is 1.55 bits per heavy atom. The fraction of sp³-hybridized carbons (Fsp3) is 0.600. The molecule has 0 saturated carbocycles. The van der Waals surface area contributed by atoms with Gasteiger partial charge in [0.25, 0.3) is 0 Å². The molecular formula is C5H8Al2F2O2. The second-order valence-corrected chi connectivity index (χ2v) is 4.83. The van der Waals surface area contributed by atoms with Crippen LogP contribution in [0, 0.1) is 0 Å². The normalized spacial score (nSPS) is 10.5. The van der Waals surface area contributed by atoms with Crippen molar-refractivity contribution in [3.8, 4) is 0 Å². The molecule has 60 valence electrons. The first kappa shape index (κ1) is 11.3. The van der Waals surface area contributed by atoms with E-state index in [-0.39, 0.29) is 0 Å². The van der Waals surface area contributed by atoms with E-state index < -0.39 is 45.7 Å². The predicted octanol–water partition coefficient (Wildman–Crippen LogP) is -0.356. The Hall–Kier alpha value is 0.265. The monoisotopic (exact) mass is 192 g/mol. The molecule has 0 N–H and O–H groups in total. The molecule has 0 amide bonds. The average molecular weight is 192 g/mol. The van der Waals surface area contributed by atoms with Crippen molar-refractivity contribution in [1.82, 2.24) is 0 Å². The van der Waals surface area contributed by atoms with Crippen molar-refractivity contribution in [3.63, 3.8) is 0 Å². The van der Waals surface area contributed by atoms with E-state index in [9.17, 15) is 18.4 Å². The maximum atomic E-state index is 12.6. The molecule has 0 bridgehead atoms. The highest BCUT2D eigenvalue weighted by atomic mass is 27.1. The van der Waals surface area contributed by atoms with E-state index in [1.807, 2.05) is 0 Å². The molecule has 0 aromatic carbocycles. The Morgan fingerprint density at radius 2 is 1.36 bits per heavy atom. The van der Waals surface area contributed by atoms with E-state index in [4.69, 9.17) is 0 Å². The van der Waals surface area contributed by atoms with Crippen molar-refractivity contribution in [2.24, 2.45) is 0 Å². The second-order valence-electron chi connectivity index (χ2n) is 2.13. The summed E-state index contributed by atoms with van der Waals surface area (Å²) in [4.78, 5) is 21.1. The lowest BCUT2D eigenvalue weighted by Gasteiger charge is -2.11. The van der Waals surface area contributed by atoms with Crippen molar-refractivity contribution in [2.45, 2.75) is 17.5 Å². The summed E-state index contributed by atoms with van der Waals surface area (Å²) in [7, 11) is 0. The van der Waals surface area contributed by atoms with Gasteiger partial charge in [0.15, 0.2) is 0 Å². The van der Waals surface area contributed by atoms with Gasteiger partial charge in [0.2, 0.25) is 0 Å². The number of alkyl halides is 2. The Bertz CT molecular complexity index is 163. The predicted molar refractivity (Wildman–Crippen MR) is 41.0 cm³/mol. The Kier molecular flexibility index (Phi) is 4.43. The summed E-state index contributed by atoms with van der Waals surface area (Å²) in [6.07, 6.45) is 0. The first-order chi connectivity index (χ1) is 4.96. The van der Waals surface area contributed by atoms with Gasteiger partial charge in [-0.05, 0) is 0 Å². The van der Waals surface area contributed by atoms with Gasteiger partial charge in [-0.15, -0.1) is 11.6 Å². The van der Waals surface area contributed by atoms with Gasteiger partial charge in [0.05, 0.1) is 0 Å². The van der Waals surface area contributed by atoms with Crippen molar-refractivity contribution >= 4 is 39.7 Å². The van der Waals surface area contributed by atoms with Crippen LogP contribution in [0.4, 0.5) is 8.78 Å². The van der Waals surface area contributed by atoms with Crippen LogP contribution in [0.25, 0.3) is 0 Å². The zero-order valence-corrected chi connectivity index (χ0v) is 9.32. The maximum Gasteiger partial charge on any atom is 0.350 e. The van der Waals surface area contributed by atoms with Crippen LogP contribution < -0.4 is 0 Å². The molecule has 0 rings (SSSR count). The minimum absolute atomic E-state index is 1.13. The van der Waals surface area contributed by atoms with E-state index in [1.165, 1.54) is 11.6 Å². The molecule has 0 aromatic rings. The third-order valence-corrected chi connectivity index (χ3v) is 3.52. The molecule has 0 spiro atoms. The fourth-order valence-electron chi connectivity index (χ4n) is 0.600. The van der Waals surface area contributed by atoms with Crippen LogP contribution in [0.5, 0.6) is 0 Å². The Balaban J connectivity index is 4.44. The Morgan fingerprint density at radius 1 is 1.09 bits per heavy atom. The molecule has 0 aliphatic carbocycles. The molecule has 6 heteroatoms. The first-order valence-corrected chi connectivity index (χ1v) is 7.65. The number of rotatable bonds is 4. The SMILES string of the molecule is [CH3][AlH][C](=O)C(F)(F)[C](=O)[AlH][CH3]. The summed E-state index contributed by atoms with van der Waals surface area (Å²) < 4.78 is 22.9. The molecular weight excluding hydrogens is 184 g/mol. The topological polar surface area (TPSA) is 34.1 Å². The van der Waals surface area contributed by atoms with E-state index in [1.54, 1.807) is 0 Å². The lowest BCUT2D eigenvalue weighted by Crippen LogP contribution is -2.42. The zero-order valence-electron chi connectivity index (χ0n) is 6.49. The van der Waals surface area contributed by atoms with Gasteiger partial charge >= 0.3 is 36.4 Å². The summed E-state index contributed by atoms with van der Waals surface area (Å²) in [5.74, 6) is -0.719. The molecule has 0 heterocycles. The van der Waals surface area contributed by atoms with Crippen LogP contribution in [-0.2, 0) is 9.59 Å². The highest BCUT2D eigenvalue weighted by Crippen LogP contribution is 2.14. The molecule has 0 aromatic heterocycles. The molecule has 0 unspecified atom stereocenters. The van der Waals surface area contributed by atoms with Crippen LogP contribution in [0.15, 0.2) is 0 Å². The number of carbonyl (C=O) groups excluding carboxylic acids is 2. The number of hydrogen-bond acceptors (Lipinski definition) is 2. The van der Waals surface area contributed by atoms with E-state index in [0.29, 0.717) is 0 Å².